The van der Waals surface area contributed by atoms with Gasteiger partial charge in [0.15, 0.2) is 0 Å². The number of phenolic OH excluding ortho intramolecular Hbond substituents is 1. The van der Waals surface area contributed by atoms with Gasteiger partial charge in [-0.05, 0) is 24.6 Å². The van der Waals surface area contributed by atoms with Crippen molar-refractivity contribution in [1.82, 2.24) is 0 Å². The summed E-state index contributed by atoms with van der Waals surface area (Å²) in [4.78, 5) is 10.9. The molecule has 1 aromatic rings. The number of sulfonamides is 1. The molecule has 0 saturated heterocycles. The number of aryl methyl sites for hydroxylation is 1. The fraction of sp³-hybridized carbons (Fsp3) is 0.300. The average molecular weight is 258 g/mol. The van der Waals surface area contributed by atoms with Gasteiger partial charge in [-0.2, -0.15) is 0 Å². The number of benzene rings is 1. The lowest BCUT2D eigenvalue weighted by Gasteiger charge is -2.12. The van der Waals surface area contributed by atoms with Gasteiger partial charge in [0.05, 0.1) is 11.9 Å². The molecule has 7 heteroatoms. The van der Waals surface area contributed by atoms with Gasteiger partial charge in [-0.25, -0.2) is 8.42 Å². The van der Waals surface area contributed by atoms with Crippen molar-refractivity contribution in [3.05, 3.63) is 17.7 Å². The number of nitrogens with one attached hydrogen (secondary N) is 2. The highest BCUT2D eigenvalue weighted by atomic mass is 32.2. The number of carbonyl (C=O) groups is 1. The van der Waals surface area contributed by atoms with Crippen molar-refractivity contribution in [2.24, 2.45) is 0 Å². The molecule has 17 heavy (non-hydrogen) atoms. The molecule has 0 radical (unpaired) electrons. The zero-order chi connectivity index (χ0) is 13.2. The van der Waals surface area contributed by atoms with E-state index in [1.165, 1.54) is 19.1 Å². The van der Waals surface area contributed by atoms with E-state index in [-0.39, 0.29) is 17.3 Å². The molecule has 0 aliphatic carbocycles. The van der Waals surface area contributed by atoms with Crippen LogP contribution in [0.5, 0.6) is 5.75 Å². The highest BCUT2D eigenvalue weighted by Gasteiger charge is 2.11. The Balaban J connectivity index is 3.19. The van der Waals surface area contributed by atoms with Crippen molar-refractivity contribution in [3.63, 3.8) is 0 Å². The van der Waals surface area contributed by atoms with Crippen LogP contribution in [0.4, 0.5) is 11.4 Å². The normalized spacial score (nSPS) is 11.0. The Morgan fingerprint density at radius 2 is 1.88 bits per heavy atom. The lowest BCUT2D eigenvalue weighted by Crippen LogP contribution is -2.11. The number of anilines is 2. The van der Waals surface area contributed by atoms with Crippen molar-refractivity contribution in [2.75, 3.05) is 16.3 Å². The number of hydrogen-bond donors (Lipinski definition) is 3. The van der Waals surface area contributed by atoms with E-state index in [0.29, 0.717) is 11.3 Å². The molecule has 0 heterocycles. The molecule has 0 aliphatic heterocycles. The highest BCUT2D eigenvalue weighted by Crippen LogP contribution is 2.30. The molecule has 94 valence electrons. The second-order valence-corrected chi connectivity index (χ2v) is 5.49. The van der Waals surface area contributed by atoms with Crippen LogP contribution < -0.4 is 10.0 Å². The maximum Gasteiger partial charge on any atom is 0.229 e. The molecule has 6 nitrogen and oxygen atoms in total. The quantitative estimate of drug-likeness (QED) is 0.557. The van der Waals surface area contributed by atoms with Gasteiger partial charge in [0.1, 0.15) is 5.75 Å². The molecule has 1 rings (SSSR count). The summed E-state index contributed by atoms with van der Waals surface area (Å²) in [5.41, 5.74) is 1.11. The monoisotopic (exact) mass is 258 g/mol. The van der Waals surface area contributed by atoms with Gasteiger partial charge < -0.3 is 10.4 Å². The summed E-state index contributed by atoms with van der Waals surface area (Å²) >= 11 is 0. The summed E-state index contributed by atoms with van der Waals surface area (Å²) < 4.78 is 24.3. The number of amides is 1. The van der Waals surface area contributed by atoms with Crippen molar-refractivity contribution in [3.8, 4) is 5.75 Å². The average Bonchev–Trinajstić information content (AvgIpc) is 2.10. The van der Waals surface area contributed by atoms with Crippen LogP contribution in [-0.2, 0) is 14.8 Å². The van der Waals surface area contributed by atoms with E-state index in [0.717, 1.165) is 6.26 Å². The molecule has 1 amide bonds. The van der Waals surface area contributed by atoms with Crippen molar-refractivity contribution in [1.29, 1.82) is 0 Å². The first-order valence-corrected chi connectivity index (χ1v) is 6.67. The maximum atomic E-state index is 11.1. The Bertz CT molecular complexity index is 552. The molecule has 1 aromatic carbocycles. The fourth-order valence-electron chi connectivity index (χ4n) is 1.30. The van der Waals surface area contributed by atoms with Gasteiger partial charge in [0, 0.05) is 12.6 Å². The molecule has 0 aliphatic rings. The zero-order valence-corrected chi connectivity index (χ0v) is 10.6. The second kappa shape index (κ2) is 4.62. The van der Waals surface area contributed by atoms with Crippen molar-refractivity contribution in [2.45, 2.75) is 13.8 Å². The van der Waals surface area contributed by atoms with Gasteiger partial charge in [-0.3, -0.25) is 9.52 Å². The highest BCUT2D eigenvalue weighted by molar-refractivity contribution is 7.92. The fourth-order valence-corrected chi connectivity index (χ4v) is 1.86. The van der Waals surface area contributed by atoms with Crippen LogP contribution >= 0.6 is 0 Å². The zero-order valence-electron chi connectivity index (χ0n) is 9.73. The Morgan fingerprint density at radius 3 is 2.35 bits per heavy atom. The standard InChI is InChI=1S/C10H14N2O4S/c1-6-4-10(14)9(12-17(3,15)16)5-8(6)11-7(2)13/h4-5,12,14H,1-3H3,(H,11,13). The van der Waals surface area contributed by atoms with E-state index in [1.54, 1.807) is 6.92 Å². The molecule has 0 unspecified atom stereocenters. The van der Waals surface area contributed by atoms with E-state index >= 15 is 0 Å². The first-order chi connectivity index (χ1) is 7.69. The summed E-state index contributed by atoms with van der Waals surface area (Å²) in [5, 5.41) is 12.1. The first kappa shape index (κ1) is 13.3. The van der Waals surface area contributed by atoms with E-state index in [9.17, 15) is 18.3 Å². The number of carbonyl (C=O) groups excluding carboxylic acids is 1. The Labute approximate surface area is 99.7 Å². The van der Waals surface area contributed by atoms with Gasteiger partial charge >= 0.3 is 0 Å². The van der Waals surface area contributed by atoms with E-state index in [1.807, 2.05) is 0 Å². The van der Waals surface area contributed by atoms with Gasteiger partial charge in [0.25, 0.3) is 0 Å². The summed E-state index contributed by atoms with van der Waals surface area (Å²) in [7, 11) is -3.48. The SMILES string of the molecule is CC(=O)Nc1cc(NS(C)(=O)=O)c(O)cc1C. The first-order valence-electron chi connectivity index (χ1n) is 4.78. The summed E-state index contributed by atoms with van der Waals surface area (Å²) in [6.45, 7) is 3.03. The number of aromatic hydroxyl groups is 1. The molecule has 0 fully saturated rings. The maximum absolute atomic E-state index is 11.1. The Morgan fingerprint density at radius 1 is 1.29 bits per heavy atom. The lowest BCUT2D eigenvalue weighted by molar-refractivity contribution is -0.114. The van der Waals surface area contributed by atoms with Crippen molar-refractivity contribution >= 4 is 27.3 Å². The van der Waals surface area contributed by atoms with Gasteiger partial charge in [0.2, 0.25) is 15.9 Å². The third-order valence-electron chi connectivity index (χ3n) is 1.95. The smallest absolute Gasteiger partial charge is 0.229 e. The molecule has 0 aromatic heterocycles. The Hall–Kier alpha value is -1.76. The van der Waals surface area contributed by atoms with Crippen LogP contribution in [0, 0.1) is 6.92 Å². The topological polar surface area (TPSA) is 95.5 Å². The predicted octanol–water partition coefficient (Wildman–Crippen LogP) is 1.03. The minimum absolute atomic E-state index is 0.0295. The number of phenols is 1. The molecule has 0 spiro atoms. The molecular formula is C10H14N2O4S. The van der Waals surface area contributed by atoms with Gasteiger partial charge in [-0.1, -0.05) is 0 Å². The molecule has 0 saturated carbocycles. The number of hydrogen-bond acceptors (Lipinski definition) is 4. The van der Waals surface area contributed by atoms with Crippen molar-refractivity contribution < 1.29 is 18.3 Å². The third kappa shape index (κ3) is 3.95. The summed E-state index contributed by atoms with van der Waals surface area (Å²) in [6, 6.07) is 2.74. The van der Waals surface area contributed by atoms with E-state index in [4.69, 9.17) is 0 Å². The van der Waals surface area contributed by atoms with Crippen LogP contribution in [0.3, 0.4) is 0 Å². The minimum Gasteiger partial charge on any atom is -0.506 e. The van der Waals surface area contributed by atoms with Crippen LogP contribution in [0.25, 0.3) is 0 Å². The van der Waals surface area contributed by atoms with Gasteiger partial charge in [-0.15, -0.1) is 0 Å². The minimum atomic E-state index is -3.48. The second-order valence-electron chi connectivity index (χ2n) is 3.74. The van der Waals surface area contributed by atoms with E-state index in [2.05, 4.69) is 10.0 Å². The Kier molecular flexibility index (Phi) is 3.62. The van der Waals surface area contributed by atoms with Crippen LogP contribution in [-0.4, -0.2) is 25.7 Å². The predicted molar refractivity (Wildman–Crippen MR) is 65.6 cm³/mol. The van der Waals surface area contributed by atoms with Crippen LogP contribution in [0.1, 0.15) is 12.5 Å². The molecule has 0 atom stereocenters. The third-order valence-corrected chi connectivity index (χ3v) is 2.54. The van der Waals surface area contributed by atoms with Crippen LogP contribution in [0.15, 0.2) is 12.1 Å². The lowest BCUT2D eigenvalue weighted by atomic mass is 10.1. The molecule has 0 bridgehead atoms. The summed E-state index contributed by atoms with van der Waals surface area (Å²) in [5.74, 6) is -0.467. The largest absolute Gasteiger partial charge is 0.506 e. The van der Waals surface area contributed by atoms with Crippen LogP contribution in [0.2, 0.25) is 0 Å². The van der Waals surface area contributed by atoms with E-state index < -0.39 is 10.0 Å². The summed E-state index contributed by atoms with van der Waals surface area (Å²) in [6.07, 6.45) is 0.977. The molecule has 3 N–H and O–H groups in total. The number of rotatable bonds is 3. The molecular weight excluding hydrogens is 244 g/mol.